The standard InChI is InChI=1S/C14H14Cl2N2O2/c1-4-20-14(19)12-8(2)18(3)13(17-12)10-6-5-9(15)7-11(10)16/h5-7H,4H2,1-3H3. The van der Waals surface area contributed by atoms with Crippen molar-refractivity contribution in [3.8, 4) is 11.4 Å². The number of carbonyl (C=O) groups is 1. The summed E-state index contributed by atoms with van der Waals surface area (Å²) in [6.07, 6.45) is 0. The van der Waals surface area contributed by atoms with Crippen molar-refractivity contribution in [2.24, 2.45) is 7.05 Å². The highest BCUT2D eigenvalue weighted by Crippen LogP contribution is 2.30. The highest BCUT2D eigenvalue weighted by atomic mass is 35.5. The number of carbonyl (C=O) groups excluding carboxylic acids is 1. The van der Waals surface area contributed by atoms with E-state index >= 15 is 0 Å². The molecule has 1 aromatic heterocycles. The highest BCUT2D eigenvalue weighted by molar-refractivity contribution is 6.36. The molecule has 106 valence electrons. The molecule has 4 nitrogen and oxygen atoms in total. The molecule has 1 heterocycles. The van der Waals surface area contributed by atoms with Crippen molar-refractivity contribution in [2.45, 2.75) is 13.8 Å². The van der Waals surface area contributed by atoms with Crippen molar-refractivity contribution in [1.82, 2.24) is 9.55 Å². The second kappa shape index (κ2) is 5.85. The van der Waals surface area contributed by atoms with Crippen molar-refractivity contribution in [3.63, 3.8) is 0 Å². The van der Waals surface area contributed by atoms with Gasteiger partial charge in [-0.2, -0.15) is 0 Å². The monoisotopic (exact) mass is 312 g/mol. The van der Waals surface area contributed by atoms with Crippen LogP contribution in [0.15, 0.2) is 18.2 Å². The van der Waals surface area contributed by atoms with Crippen LogP contribution >= 0.6 is 23.2 Å². The van der Waals surface area contributed by atoms with E-state index in [1.165, 1.54) is 0 Å². The van der Waals surface area contributed by atoms with E-state index in [1.807, 2.05) is 14.0 Å². The predicted molar refractivity (Wildman–Crippen MR) is 79.4 cm³/mol. The van der Waals surface area contributed by atoms with Crippen LogP contribution in [0.25, 0.3) is 11.4 Å². The van der Waals surface area contributed by atoms with Crippen LogP contribution in [0, 0.1) is 6.92 Å². The van der Waals surface area contributed by atoms with Crippen LogP contribution in [-0.4, -0.2) is 22.1 Å². The Hall–Kier alpha value is -1.52. The van der Waals surface area contributed by atoms with Gasteiger partial charge >= 0.3 is 5.97 Å². The van der Waals surface area contributed by atoms with E-state index in [4.69, 9.17) is 27.9 Å². The van der Waals surface area contributed by atoms with Crippen molar-refractivity contribution >= 4 is 29.2 Å². The molecule has 0 saturated heterocycles. The molecule has 0 bridgehead atoms. The van der Waals surface area contributed by atoms with Crippen LogP contribution in [0.4, 0.5) is 0 Å². The maximum absolute atomic E-state index is 11.8. The van der Waals surface area contributed by atoms with Gasteiger partial charge in [0.1, 0.15) is 5.82 Å². The molecule has 0 fully saturated rings. The smallest absolute Gasteiger partial charge is 0.358 e. The Morgan fingerprint density at radius 3 is 2.70 bits per heavy atom. The molecule has 0 radical (unpaired) electrons. The third-order valence-electron chi connectivity index (χ3n) is 3.02. The van der Waals surface area contributed by atoms with E-state index in [9.17, 15) is 4.79 Å². The number of esters is 1. The third kappa shape index (κ3) is 2.67. The maximum Gasteiger partial charge on any atom is 0.358 e. The van der Waals surface area contributed by atoms with Gasteiger partial charge in [0.05, 0.1) is 11.6 Å². The van der Waals surface area contributed by atoms with Crippen LogP contribution in [0.2, 0.25) is 10.0 Å². The Kier molecular flexibility index (Phi) is 4.35. The topological polar surface area (TPSA) is 44.1 Å². The number of benzene rings is 1. The number of rotatable bonds is 3. The number of imidazole rings is 1. The fourth-order valence-electron chi connectivity index (χ4n) is 1.88. The normalized spacial score (nSPS) is 10.7. The number of hydrogen-bond donors (Lipinski definition) is 0. The Morgan fingerprint density at radius 1 is 1.40 bits per heavy atom. The first kappa shape index (κ1) is 14.9. The lowest BCUT2D eigenvalue weighted by Gasteiger charge is -2.05. The lowest BCUT2D eigenvalue weighted by atomic mass is 10.2. The second-order valence-electron chi connectivity index (χ2n) is 4.27. The quantitative estimate of drug-likeness (QED) is 0.808. The maximum atomic E-state index is 11.8. The lowest BCUT2D eigenvalue weighted by molar-refractivity contribution is 0.0519. The lowest BCUT2D eigenvalue weighted by Crippen LogP contribution is -2.07. The predicted octanol–water partition coefficient (Wildman–Crippen LogP) is 3.88. The molecular weight excluding hydrogens is 299 g/mol. The minimum Gasteiger partial charge on any atom is -0.461 e. The summed E-state index contributed by atoms with van der Waals surface area (Å²) >= 11 is 12.1. The number of ether oxygens (including phenoxy) is 1. The Bertz CT molecular complexity index is 665. The van der Waals surface area contributed by atoms with Crippen LogP contribution in [0.3, 0.4) is 0 Å². The third-order valence-corrected chi connectivity index (χ3v) is 3.57. The summed E-state index contributed by atoms with van der Waals surface area (Å²) in [6, 6.07) is 5.16. The van der Waals surface area contributed by atoms with E-state index in [-0.39, 0.29) is 0 Å². The molecule has 0 aliphatic heterocycles. The minimum atomic E-state index is -0.433. The van der Waals surface area contributed by atoms with Crippen molar-refractivity contribution in [2.75, 3.05) is 6.61 Å². The molecule has 0 aliphatic rings. The number of nitrogens with zero attached hydrogens (tertiary/aromatic N) is 2. The van der Waals surface area contributed by atoms with Crippen LogP contribution in [0.1, 0.15) is 23.1 Å². The molecule has 0 saturated carbocycles. The molecule has 20 heavy (non-hydrogen) atoms. The Balaban J connectivity index is 2.53. The molecule has 0 spiro atoms. The van der Waals surface area contributed by atoms with E-state index in [2.05, 4.69) is 4.98 Å². The summed E-state index contributed by atoms with van der Waals surface area (Å²) in [6.45, 7) is 3.88. The molecule has 0 unspecified atom stereocenters. The molecule has 2 rings (SSSR count). The second-order valence-corrected chi connectivity index (χ2v) is 5.12. The zero-order valence-corrected chi connectivity index (χ0v) is 12.9. The Morgan fingerprint density at radius 2 is 2.10 bits per heavy atom. The SMILES string of the molecule is CCOC(=O)c1nc(-c2ccc(Cl)cc2Cl)n(C)c1C. The van der Waals surface area contributed by atoms with E-state index < -0.39 is 5.97 Å². The first-order valence-electron chi connectivity index (χ1n) is 6.11. The zero-order chi connectivity index (χ0) is 14.9. The van der Waals surface area contributed by atoms with Gasteiger partial charge < -0.3 is 9.30 Å². The summed E-state index contributed by atoms with van der Waals surface area (Å²) in [7, 11) is 1.82. The molecular formula is C14H14Cl2N2O2. The molecule has 0 aliphatic carbocycles. The van der Waals surface area contributed by atoms with Gasteiger partial charge in [-0.05, 0) is 32.0 Å². The number of aromatic nitrogens is 2. The summed E-state index contributed by atoms with van der Waals surface area (Å²) in [5.74, 6) is 0.171. The Labute approximate surface area is 127 Å². The van der Waals surface area contributed by atoms with Crippen LogP contribution in [-0.2, 0) is 11.8 Å². The first-order chi connectivity index (χ1) is 9.45. The average Bonchev–Trinajstić information content (AvgIpc) is 2.67. The van der Waals surface area contributed by atoms with Gasteiger partial charge in [-0.15, -0.1) is 0 Å². The summed E-state index contributed by atoms with van der Waals surface area (Å²) < 4.78 is 6.80. The van der Waals surface area contributed by atoms with Gasteiger partial charge in [0.15, 0.2) is 5.69 Å². The first-order valence-corrected chi connectivity index (χ1v) is 6.87. The number of hydrogen-bond acceptors (Lipinski definition) is 3. The van der Waals surface area contributed by atoms with Gasteiger partial charge in [0.2, 0.25) is 0 Å². The van der Waals surface area contributed by atoms with Gasteiger partial charge in [0, 0.05) is 23.3 Å². The molecule has 0 atom stereocenters. The fourth-order valence-corrected chi connectivity index (χ4v) is 2.38. The highest BCUT2D eigenvalue weighted by Gasteiger charge is 2.20. The summed E-state index contributed by atoms with van der Waals surface area (Å²) in [5, 5.41) is 1.04. The summed E-state index contributed by atoms with van der Waals surface area (Å²) in [5.41, 5.74) is 1.75. The summed E-state index contributed by atoms with van der Waals surface area (Å²) in [4.78, 5) is 16.2. The molecule has 6 heteroatoms. The molecule has 0 N–H and O–H groups in total. The van der Waals surface area contributed by atoms with Gasteiger partial charge in [0.25, 0.3) is 0 Å². The van der Waals surface area contributed by atoms with Crippen LogP contribution in [0.5, 0.6) is 0 Å². The van der Waals surface area contributed by atoms with Gasteiger partial charge in [-0.3, -0.25) is 0 Å². The largest absolute Gasteiger partial charge is 0.461 e. The van der Waals surface area contributed by atoms with Gasteiger partial charge in [-0.25, -0.2) is 9.78 Å². The van der Waals surface area contributed by atoms with E-state index in [1.54, 1.807) is 29.7 Å². The van der Waals surface area contributed by atoms with Gasteiger partial charge in [-0.1, -0.05) is 23.2 Å². The van der Waals surface area contributed by atoms with E-state index in [0.29, 0.717) is 28.2 Å². The fraction of sp³-hybridized carbons (Fsp3) is 0.286. The zero-order valence-electron chi connectivity index (χ0n) is 11.4. The van der Waals surface area contributed by atoms with Crippen molar-refractivity contribution in [1.29, 1.82) is 0 Å². The average molecular weight is 313 g/mol. The molecule has 2 aromatic rings. The van der Waals surface area contributed by atoms with E-state index in [0.717, 1.165) is 11.3 Å². The van der Waals surface area contributed by atoms with Crippen molar-refractivity contribution < 1.29 is 9.53 Å². The van der Waals surface area contributed by atoms with Crippen LogP contribution < -0.4 is 0 Å². The van der Waals surface area contributed by atoms with Crippen molar-refractivity contribution in [3.05, 3.63) is 39.6 Å². The number of halogens is 2. The minimum absolute atomic E-state index is 0.301. The molecule has 1 aromatic carbocycles. The molecule has 0 amide bonds.